The number of hydrogen-bond donors (Lipinski definition) is 3. The minimum Gasteiger partial charge on any atom is -0.493 e. The largest absolute Gasteiger partial charge is 0.493 e. The van der Waals surface area contributed by atoms with E-state index >= 15 is 0 Å². The molecule has 0 saturated heterocycles. The van der Waals surface area contributed by atoms with E-state index in [2.05, 4.69) is 26.6 Å². The molecule has 3 N–H and O–H groups in total. The van der Waals surface area contributed by atoms with Gasteiger partial charge in [0.15, 0.2) is 11.5 Å². The summed E-state index contributed by atoms with van der Waals surface area (Å²) in [6.07, 6.45) is 1.46. The summed E-state index contributed by atoms with van der Waals surface area (Å²) in [6, 6.07) is 8.77. The van der Waals surface area contributed by atoms with Crippen molar-refractivity contribution in [1.29, 1.82) is 0 Å². The van der Waals surface area contributed by atoms with Gasteiger partial charge >= 0.3 is 5.97 Å². The smallest absolute Gasteiger partial charge is 0.326 e. The minimum absolute atomic E-state index is 0.132. The van der Waals surface area contributed by atoms with E-state index in [-0.39, 0.29) is 28.7 Å². The van der Waals surface area contributed by atoms with E-state index in [4.69, 9.17) is 14.2 Å². The number of rotatable bonds is 10. The molecule has 2 amide bonds. The summed E-state index contributed by atoms with van der Waals surface area (Å²) in [5.41, 5.74) is 0.630. The Hall–Kier alpha value is -3.53. The molecule has 1 atom stereocenters. The molecule has 0 saturated carbocycles. The number of carboxylic acids is 1. The molecule has 182 valence electrons. The molecule has 9 nitrogen and oxygen atoms in total. The molecule has 2 aromatic rings. The van der Waals surface area contributed by atoms with Crippen LogP contribution in [0.3, 0.4) is 0 Å². The number of ether oxygens (including phenoxy) is 3. The second-order valence-electron chi connectivity index (χ2n) is 7.51. The fourth-order valence-electron chi connectivity index (χ4n) is 3.02. The van der Waals surface area contributed by atoms with Crippen molar-refractivity contribution in [2.45, 2.75) is 19.9 Å². The Labute approximate surface area is 206 Å². The third kappa shape index (κ3) is 6.74. The zero-order valence-corrected chi connectivity index (χ0v) is 21.1. The van der Waals surface area contributed by atoms with Crippen LogP contribution in [0.4, 0.5) is 0 Å². The van der Waals surface area contributed by atoms with E-state index in [1.165, 1.54) is 39.5 Å². The Morgan fingerprint density at radius 2 is 1.53 bits per heavy atom. The van der Waals surface area contributed by atoms with Gasteiger partial charge in [0.1, 0.15) is 11.7 Å². The van der Waals surface area contributed by atoms with Crippen molar-refractivity contribution in [2.75, 3.05) is 21.3 Å². The summed E-state index contributed by atoms with van der Waals surface area (Å²) in [5.74, 6) is -2.09. The van der Waals surface area contributed by atoms with Gasteiger partial charge in [0, 0.05) is 10.0 Å². The fraction of sp³-hybridized carbons (Fsp3) is 0.292. The summed E-state index contributed by atoms with van der Waals surface area (Å²) >= 11 is 3.35. The molecule has 2 aromatic carbocycles. The highest BCUT2D eigenvalue weighted by atomic mass is 79.9. The van der Waals surface area contributed by atoms with Crippen LogP contribution in [0.2, 0.25) is 0 Å². The van der Waals surface area contributed by atoms with Crippen molar-refractivity contribution in [1.82, 2.24) is 10.6 Å². The molecule has 0 fully saturated rings. The van der Waals surface area contributed by atoms with Crippen LogP contribution in [0.1, 0.15) is 29.8 Å². The number of amides is 2. The van der Waals surface area contributed by atoms with Crippen molar-refractivity contribution in [3.05, 3.63) is 57.7 Å². The van der Waals surface area contributed by atoms with Gasteiger partial charge in [-0.3, -0.25) is 9.59 Å². The maximum Gasteiger partial charge on any atom is 0.326 e. The number of aliphatic carboxylic acids is 1. The summed E-state index contributed by atoms with van der Waals surface area (Å²) in [5, 5.41) is 14.5. The number of benzene rings is 2. The van der Waals surface area contributed by atoms with Gasteiger partial charge < -0.3 is 30.0 Å². The maximum atomic E-state index is 13.1. The van der Waals surface area contributed by atoms with E-state index in [1.807, 2.05) is 0 Å². The molecule has 0 radical (unpaired) electrons. The minimum atomic E-state index is -1.18. The third-order valence-electron chi connectivity index (χ3n) is 4.82. The number of carbonyl (C=O) groups is 3. The van der Waals surface area contributed by atoms with E-state index in [1.54, 1.807) is 38.1 Å². The monoisotopic (exact) mass is 534 g/mol. The third-order valence-corrected chi connectivity index (χ3v) is 5.35. The highest BCUT2D eigenvalue weighted by Gasteiger charge is 2.26. The Morgan fingerprint density at radius 1 is 0.971 bits per heavy atom. The van der Waals surface area contributed by atoms with Crippen LogP contribution in [0.25, 0.3) is 6.08 Å². The first-order valence-electron chi connectivity index (χ1n) is 10.2. The first kappa shape index (κ1) is 26.7. The van der Waals surface area contributed by atoms with Gasteiger partial charge in [-0.25, -0.2) is 4.79 Å². The summed E-state index contributed by atoms with van der Waals surface area (Å²) in [6.45, 7) is 3.34. The Kier molecular flexibility index (Phi) is 9.49. The lowest BCUT2D eigenvalue weighted by Gasteiger charge is -2.19. The number of methoxy groups -OCH3 is 3. The molecular formula is C24H27BrN2O7. The van der Waals surface area contributed by atoms with Crippen LogP contribution >= 0.6 is 15.9 Å². The van der Waals surface area contributed by atoms with E-state index in [9.17, 15) is 19.5 Å². The van der Waals surface area contributed by atoms with Gasteiger partial charge in [-0.1, -0.05) is 41.9 Å². The maximum absolute atomic E-state index is 13.1. The summed E-state index contributed by atoms with van der Waals surface area (Å²) < 4.78 is 16.7. The molecule has 34 heavy (non-hydrogen) atoms. The van der Waals surface area contributed by atoms with Gasteiger partial charge in [0.05, 0.1) is 21.3 Å². The fourth-order valence-corrected chi connectivity index (χ4v) is 3.29. The van der Waals surface area contributed by atoms with Crippen LogP contribution in [0.5, 0.6) is 17.2 Å². The topological polar surface area (TPSA) is 123 Å². The number of hydrogen-bond acceptors (Lipinski definition) is 6. The molecule has 0 unspecified atom stereocenters. The zero-order valence-electron chi connectivity index (χ0n) is 19.5. The van der Waals surface area contributed by atoms with Gasteiger partial charge in [-0.05, 0) is 41.8 Å². The Morgan fingerprint density at radius 3 is 1.97 bits per heavy atom. The second kappa shape index (κ2) is 12.1. The van der Waals surface area contributed by atoms with Crippen molar-refractivity contribution < 1.29 is 33.7 Å². The van der Waals surface area contributed by atoms with Gasteiger partial charge in [0.2, 0.25) is 5.75 Å². The highest BCUT2D eigenvalue weighted by molar-refractivity contribution is 9.10. The summed E-state index contributed by atoms with van der Waals surface area (Å²) in [4.78, 5) is 37.7. The quantitative estimate of drug-likeness (QED) is 0.398. The standard InChI is InChI=1S/C24H27BrN2O7/c1-13(2)20(24(30)31)27-23(29)17(10-14-6-8-16(25)9-7-14)26-22(28)15-11-18(32-3)21(34-5)19(12-15)33-4/h6-13,20H,1-5H3,(H,26,28)(H,27,29)(H,30,31)/b17-10-/t20-/m0/s1. The Bertz CT molecular complexity index is 1060. The molecule has 0 bridgehead atoms. The predicted octanol–water partition coefficient (Wildman–Crippen LogP) is 3.47. The van der Waals surface area contributed by atoms with Crippen molar-refractivity contribution in [3.8, 4) is 17.2 Å². The van der Waals surface area contributed by atoms with Crippen molar-refractivity contribution in [2.24, 2.45) is 5.92 Å². The molecule has 0 aliphatic rings. The molecule has 0 aliphatic carbocycles. The van der Waals surface area contributed by atoms with Crippen LogP contribution in [-0.4, -0.2) is 50.3 Å². The highest BCUT2D eigenvalue weighted by Crippen LogP contribution is 2.38. The number of carbonyl (C=O) groups excluding carboxylic acids is 2. The molecule has 2 rings (SSSR count). The molecule has 10 heteroatoms. The van der Waals surface area contributed by atoms with Crippen LogP contribution in [-0.2, 0) is 9.59 Å². The SMILES string of the molecule is COc1cc(C(=O)N/C(=C\c2ccc(Br)cc2)C(=O)N[C@H](C(=O)O)C(C)C)cc(OC)c1OC. The molecular weight excluding hydrogens is 508 g/mol. The normalized spacial score (nSPS) is 12.0. The lowest BCUT2D eigenvalue weighted by Crippen LogP contribution is -2.47. The Balaban J connectivity index is 2.45. The van der Waals surface area contributed by atoms with Gasteiger partial charge in [0.25, 0.3) is 11.8 Å². The number of carboxylic acid groups (broad SMARTS) is 1. The van der Waals surface area contributed by atoms with Gasteiger partial charge in [-0.15, -0.1) is 0 Å². The van der Waals surface area contributed by atoms with E-state index in [0.29, 0.717) is 11.3 Å². The van der Waals surface area contributed by atoms with Crippen molar-refractivity contribution in [3.63, 3.8) is 0 Å². The molecule has 0 aliphatic heterocycles. The second-order valence-corrected chi connectivity index (χ2v) is 8.43. The molecule has 0 spiro atoms. The van der Waals surface area contributed by atoms with Crippen LogP contribution < -0.4 is 24.8 Å². The number of halogens is 1. The van der Waals surface area contributed by atoms with Crippen LogP contribution in [0.15, 0.2) is 46.6 Å². The zero-order chi connectivity index (χ0) is 25.4. The average molecular weight is 535 g/mol. The predicted molar refractivity (Wildman–Crippen MR) is 130 cm³/mol. The first-order valence-corrected chi connectivity index (χ1v) is 11.0. The lowest BCUT2D eigenvalue weighted by molar-refractivity contribution is -0.142. The number of nitrogens with one attached hydrogen (secondary N) is 2. The lowest BCUT2D eigenvalue weighted by atomic mass is 10.0. The summed E-state index contributed by atoms with van der Waals surface area (Å²) in [7, 11) is 4.28. The van der Waals surface area contributed by atoms with Crippen molar-refractivity contribution >= 4 is 39.8 Å². The van der Waals surface area contributed by atoms with E-state index in [0.717, 1.165) is 4.47 Å². The molecule has 0 heterocycles. The van der Waals surface area contributed by atoms with Gasteiger partial charge in [-0.2, -0.15) is 0 Å². The van der Waals surface area contributed by atoms with E-state index < -0.39 is 23.8 Å². The van der Waals surface area contributed by atoms with Crippen LogP contribution in [0, 0.1) is 5.92 Å². The molecule has 0 aromatic heterocycles. The first-order chi connectivity index (χ1) is 16.1. The average Bonchev–Trinajstić information content (AvgIpc) is 2.81.